The first-order valence-electron chi connectivity index (χ1n) is 8.92. The summed E-state index contributed by atoms with van der Waals surface area (Å²) in [6.07, 6.45) is 1.52. The molecule has 2 aliphatic rings. The number of hydrogen-bond donors (Lipinski definition) is 2. The molecule has 2 fully saturated rings. The summed E-state index contributed by atoms with van der Waals surface area (Å²) in [5.41, 5.74) is 1.81. The number of hydrogen-bond acceptors (Lipinski definition) is 4. The minimum Gasteiger partial charge on any atom is -0.396 e. The fraction of sp³-hybridized carbons (Fsp3) is 0.474. The minimum atomic E-state index is -0.313. The van der Waals surface area contributed by atoms with Crippen LogP contribution in [0.2, 0.25) is 0 Å². The van der Waals surface area contributed by atoms with E-state index >= 15 is 0 Å². The van der Waals surface area contributed by atoms with Crippen molar-refractivity contribution in [1.29, 1.82) is 0 Å². The van der Waals surface area contributed by atoms with Crippen LogP contribution in [0.15, 0.2) is 24.3 Å². The molecule has 0 spiro atoms. The van der Waals surface area contributed by atoms with E-state index in [0.717, 1.165) is 18.4 Å². The monoisotopic (exact) mass is 359 g/mol. The van der Waals surface area contributed by atoms with Crippen molar-refractivity contribution >= 4 is 5.91 Å². The van der Waals surface area contributed by atoms with Crippen molar-refractivity contribution in [2.45, 2.75) is 31.9 Å². The van der Waals surface area contributed by atoms with Crippen molar-refractivity contribution in [3.05, 3.63) is 41.5 Å². The number of aryl methyl sites for hydroxylation is 1. The van der Waals surface area contributed by atoms with Gasteiger partial charge in [0, 0.05) is 24.4 Å². The summed E-state index contributed by atoms with van der Waals surface area (Å²) in [4.78, 5) is 22.6. The third-order valence-corrected chi connectivity index (χ3v) is 5.36. The molecule has 1 aromatic heterocycles. The van der Waals surface area contributed by atoms with Crippen molar-refractivity contribution in [2.75, 3.05) is 19.8 Å². The second-order valence-corrected chi connectivity index (χ2v) is 7.06. The molecule has 1 aromatic carbocycles. The number of amides is 1. The van der Waals surface area contributed by atoms with E-state index in [1.54, 1.807) is 12.1 Å². The topological polar surface area (TPSA) is 78.5 Å². The van der Waals surface area contributed by atoms with E-state index in [1.165, 1.54) is 12.1 Å². The lowest BCUT2D eigenvalue weighted by Gasteiger charge is -2.37. The number of imidazole rings is 1. The van der Waals surface area contributed by atoms with Gasteiger partial charge >= 0.3 is 0 Å². The zero-order valence-electron chi connectivity index (χ0n) is 14.6. The van der Waals surface area contributed by atoms with Crippen LogP contribution in [0.4, 0.5) is 4.39 Å². The van der Waals surface area contributed by atoms with Crippen LogP contribution >= 0.6 is 0 Å². The Hall–Kier alpha value is -2.25. The van der Waals surface area contributed by atoms with Crippen LogP contribution in [0.5, 0.6) is 0 Å². The van der Waals surface area contributed by atoms with Crippen molar-refractivity contribution < 1.29 is 19.0 Å². The Kier molecular flexibility index (Phi) is 4.50. The van der Waals surface area contributed by atoms with Crippen molar-refractivity contribution in [2.24, 2.45) is 5.92 Å². The van der Waals surface area contributed by atoms with Gasteiger partial charge in [0.1, 0.15) is 17.3 Å². The van der Waals surface area contributed by atoms with E-state index in [-0.39, 0.29) is 36.4 Å². The molecule has 1 aliphatic carbocycles. The van der Waals surface area contributed by atoms with Crippen LogP contribution in [0.25, 0.3) is 11.4 Å². The zero-order chi connectivity index (χ0) is 18.3. The average Bonchev–Trinajstić information content (AvgIpc) is 3.24. The zero-order valence-corrected chi connectivity index (χ0v) is 14.6. The molecule has 1 unspecified atom stereocenters. The molecule has 1 saturated heterocycles. The fourth-order valence-electron chi connectivity index (χ4n) is 4.00. The number of benzene rings is 1. The number of aliphatic hydroxyl groups is 1. The minimum absolute atomic E-state index is 0.0133. The molecule has 2 heterocycles. The summed E-state index contributed by atoms with van der Waals surface area (Å²) in [5, 5.41) is 9.44. The molecule has 2 N–H and O–H groups in total. The SMILES string of the molecule is Cc1[nH]c(-c2ccc(F)cc2)nc1C(=O)N1CCOC2C[C@H](CO)C[C@@H]21. The number of rotatable bonds is 3. The van der Waals surface area contributed by atoms with Gasteiger partial charge in [-0.1, -0.05) is 0 Å². The largest absolute Gasteiger partial charge is 0.396 e. The molecule has 6 nitrogen and oxygen atoms in total. The van der Waals surface area contributed by atoms with Crippen molar-refractivity contribution in [3.63, 3.8) is 0 Å². The van der Waals surface area contributed by atoms with Gasteiger partial charge in [-0.05, 0) is 49.9 Å². The number of aromatic nitrogens is 2. The smallest absolute Gasteiger partial charge is 0.274 e. The number of nitrogens with zero attached hydrogens (tertiary/aromatic N) is 2. The molecule has 138 valence electrons. The summed E-state index contributed by atoms with van der Waals surface area (Å²) in [7, 11) is 0. The van der Waals surface area contributed by atoms with Gasteiger partial charge in [-0.3, -0.25) is 4.79 Å². The van der Waals surface area contributed by atoms with Crippen LogP contribution in [0.3, 0.4) is 0 Å². The first-order valence-corrected chi connectivity index (χ1v) is 8.92. The van der Waals surface area contributed by atoms with Crippen molar-refractivity contribution in [3.8, 4) is 11.4 Å². The van der Waals surface area contributed by atoms with Gasteiger partial charge in [0.25, 0.3) is 5.91 Å². The molecule has 1 amide bonds. The Morgan fingerprint density at radius 2 is 2.15 bits per heavy atom. The van der Waals surface area contributed by atoms with E-state index in [4.69, 9.17) is 4.74 Å². The van der Waals surface area contributed by atoms with E-state index in [9.17, 15) is 14.3 Å². The number of nitrogens with one attached hydrogen (secondary N) is 1. The number of halogens is 1. The number of aliphatic hydroxyl groups excluding tert-OH is 1. The van der Waals surface area contributed by atoms with E-state index < -0.39 is 0 Å². The number of ether oxygens (including phenoxy) is 1. The summed E-state index contributed by atoms with van der Waals surface area (Å²) in [6.45, 7) is 2.96. The van der Waals surface area contributed by atoms with E-state index in [0.29, 0.717) is 30.4 Å². The third kappa shape index (κ3) is 3.01. The number of carbonyl (C=O) groups is 1. The number of H-pyrrole nitrogens is 1. The van der Waals surface area contributed by atoms with Gasteiger partial charge in [0.2, 0.25) is 0 Å². The quantitative estimate of drug-likeness (QED) is 0.880. The van der Waals surface area contributed by atoms with Gasteiger partial charge in [-0.15, -0.1) is 0 Å². The molecule has 1 saturated carbocycles. The molecule has 0 bridgehead atoms. The van der Waals surface area contributed by atoms with E-state index in [1.807, 2.05) is 11.8 Å². The molecule has 1 aliphatic heterocycles. The number of carbonyl (C=O) groups excluding carboxylic acids is 1. The Morgan fingerprint density at radius 1 is 1.38 bits per heavy atom. The average molecular weight is 359 g/mol. The highest BCUT2D eigenvalue weighted by atomic mass is 19.1. The lowest BCUT2D eigenvalue weighted by atomic mass is 10.1. The maximum atomic E-state index is 13.1. The molecule has 3 atom stereocenters. The number of fused-ring (bicyclic) bond motifs is 1. The standard InChI is InChI=1S/C19H22FN3O3/c1-11-17(22-18(21-11)13-2-4-14(20)5-3-13)19(25)23-6-7-26-16-9-12(10-24)8-15(16)23/h2-5,12,15-16,24H,6-10H2,1H3,(H,21,22)/t12-,15+,16?/m1/s1. The van der Waals surface area contributed by atoms with Gasteiger partial charge < -0.3 is 19.7 Å². The molecule has 26 heavy (non-hydrogen) atoms. The highest BCUT2D eigenvalue weighted by molar-refractivity contribution is 5.94. The first kappa shape index (κ1) is 17.2. The van der Waals surface area contributed by atoms with Crippen LogP contribution in [0, 0.1) is 18.7 Å². The summed E-state index contributed by atoms with van der Waals surface area (Å²) in [6, 6.07) is 5.99. The molecule has 0 radical (unpaired) electrons. The third-order valence-electron chi connectivity index (χ3n) is 5.36. The van der Waals surface area contributed by atoms with Gasteiger partial charge in [0.05, 0.1) is 18.8 Å². The second kappa shape index (κ2) is 6.81. The van der Waals surface area contributed by atoms with Crippen LogP contribution in [-0.4, -0.2) is 57.8 Å². The molecule has 2 aromatic rings. The van der Waals surface area contributed by atoms with Crippen LogP contribution in [-0.2, 0) is 4.74 Å². The summed E-state index contributed by atoms with van der Waals surface area (Å²) >= 11 is 0. The summed E-state index contributed by atoms with van der Waals surface area (Å²) < 4.78 is 18.9. The highest BCUT2D eigenvalue weighted by Crippen LogP contribution is 2.35. The predicted octanol–water partition coefficient (Wildman–Crippen LogP) is 2.14. The van der Waals surface area contributed by atoms with Crippen molar-refractivity contribution in [1.82, 2.24) is 14.9 Å². The van der Waals surface area contributed by atoms with Gasteiger partial charge in [-0.2, -0.15) is 0 Å². The molecule has 4 rings (SSSR count). The van der Waals surface area contributed by atoms with Gasteiger partial charge in [0.15, 0.2) is 0 Å². The number of morpholine rings is 1. The Morgan fingerprint density at radius 3 is 2.88 bits per heavy atom. The molecular weight excluding hydrogens is 337 g/mol. The lowest BCUT2D eigenvalue weighted by molar-refractivity contribution is -0.0450. The van der Waals surface area contributed by atoms with Crippen LogP contribution in [0.1, 0.15) is 29.0 Å². The Bertz CT molecular complexity index is 805. The normalized spacial score (nSPS) is 25.3. The maximum Gasteiger partial charge on any atom is 0.274 e. The predicted molar refractivity (Wildman–Crippen MR) is 93.1 cm³/mol. The molecule has 7 heteroatoms. The first-order chi connectivity index (χ1) is 12.6. The Balaban J connectivity index is 1.59. The van der Waals surface area contributed by atoms with Crippen LogP contribution < -0.4 is 0 Å². The van der Waals surface area contributed by atoms with E-state index in [2.05, 4.69) is 9.97 Å². The number of aromatic amines is 1. The highest BCUT2D eigenvalue weighted by Gasteiger charge is 2.43. The maximum absolute atomic E-state index is 13.1. The molecular formula is C19H22FN3O3. The summed E-state index contributed by atoms with van der Waals surface area (Å²) in [5.74, 6) is 0.292. The Labute approximate surface area is 151 Å². The second-order valence-electron chi connectivity index (χ2n) is 7.06. The lowest BCUT2D eigenvalue weighted by Crippen LogP contribution is -2.51. The van der Waals surface area contributed by atoms with Gasteiger partial charge in [-0.25, -0.2) is 9.37 Å². The fourth-order valence-corrected chi connectivity index (χ4v) is 4.00.